The molecule has 0 aromatic heterocycles. The van der Waals surface area contributed by atoms with Gasteiger partial charge >= 0.3 is 0 Å². The molecular weight excluding hydrogens is 216 g/mol. The summed E-state index contributed by atoms with van der Waals surface area (Å²) < 4.78 is 0. The standard InChI is InChI=1S/C13H20N2S/c1-3-9-14-13(16)15-11(2)10-12-7-5-4-6-8-12/h4-8,11H,3,9-10H2,1-2H3,(H2,14,15,16). The number of hydrogen-bond acceptors (Lipinski definition) is 1. The van der Waals surface area contributed by atoms with Gasteiger partial charge in [0.25, 0.3) is 0 Å². The molecule has 88 valence electrons. The van der Waals surface area contributed by atoms with E-state index in [-0.39, 0.29) is 0 Å². The predicted octanol–water partition coefficient (Wildman–Crippen LogP) is 2.49. The summed E-state index contributed by atoms with van der Waals surface area (Å²) in [7, 11) is 0. The lowest BCUT2D eigenvalue weighted by molar-refractivity contribution is 0.647. The van der Waals surface area contributed by atoms with Crippen molar-refractivity contribution < 1.29 is 0 Å². The van der Waals surface area contributed by atoms with Crippen molar-refractivity contribution in [1.29, 1.82) is 0 Å². The van der Waals surface area contributed by atoms with Crippen molar-refractivity contribution in [2.75, 3.05) is 6.54 Å². The summed E-state index contributed by atoms with van der Waals surface area (Å²) in [5.41, 5.74) is 1.33. The van der Waals surface area contributed by atoms with Gasteiger partial charge in [-0.05, 0) is 37.5 Å². The van der Waals surface area contributed by atoms with Crippen LogP contribution in [0.15, 0.2) is 30.3 Å². The topological polar surface area (TPSA) is 24.1 Å². The van der Waals surface area contributed by atoms with Gasteiger partial charge in [-0.1, -0.05) is 37.3 Å². The molecule has 0 saturated heterocycles. The molecule has 0 fully saturated rings. The minimum Gasteiger partial charge on any atom is -0.363 e. The molecule has 1 atom stereocenters. The van der Waals surface area contributed by atoms with Crippen molar-refractivity contribution in [3.05, 3.63) is 35.9 Å². The van der Waals surface area contributed by atoms with Crippen LogP contribution < -0.4 is 10.6 Å². The smallest absolute Gasteiger partial charge is 0.166 e. The second-order valence-corrected chi connectivity index (χ2v) is 4.40. The highest BCUT2D eigenvalue weighted by molar-refractivity contribution is 7.80. The van der Waals surface area contributed by atoms with Crippen molar-refractivity contribution in [1.82, 2.24) is 10.6 Å². The van der Waals surface area contributed by atoms with E-state index in [1.54, 1.807) is 0 Å². The van der Waals surface area contributed by atoms with Crippen LogP contribution in [0, 0.1) is 0 Å². The zero-order valence-electron chi connectivity index (χ0n) is 9.99. The van der Waals surface area contributed by atoms with Crippen LogP contribution in [0.5, 0.6) is 0 Å². The van der Waals surface area contributed by atoms with Gasteiger partial charge in [-0.15, -0.1) is 0 Å². The highest BCUT2D eigenvalue weighted by Gasteiger charge is 2.04. The van der Waals surface area contributed by atoms with Crippen LogP contribution in [0.2, 0.25) is 0 Å². The molecule has 16 heavy (non-hydrogen) atoms. The Morgan fingerprint density at radius 2 is 2.00 bits per heavy atom. The van der Waals surface area contributed by atoms with Crippen molar-refractivity contribution in [2.24, 2.45) is 0 Å². The molecule has 2 N–H and O–H groups in total. The molecule has 0 spiro atoms. The Bertz CT molecular complexity index is 311. The molecule has 0 radical (unpaired) electrons. The third-order valence-corrected chi connectivity index (χ3v) is 2.56. The summed E-state index contributed by atoms with van der Waals surface area (Å²) in [5.74, 6) is 0. The monoisotopic (exact) mass is 236 g/mol. The molecule has 0 amide bonds. The quantitative estimate of drug-likeness (QED) is 0.768. The predicted molar refractivity (Wildman–Crippen MR) is 73.6 cm³/mol. The fourth-order valence-electron chi connectivity index (χ4n) is 1.53. The Kier molecular flexibility index (Phi) is 5.86. The lowest BCUT2D eigenvalue weighted by Crippen LogP contribution is -2.41. The second-order valence-electron chi connectivity index (χ2n) is 3.99. The first kappa shape index (κ1) is 13.0. The van der Waals surface area contributed by atoms with E-state index < -0.39 is 0 Å². The normalized spacial score (nSPS) is 11.9. The fourth-order valence-corrected chi connectivity index (χ4v) is 1.84. The number of nitrogens with one attached hydrogen (secondary N) is 2. The molecule has 0 aliphatic heterocycles. The van der Waals surface area contributed by atoms with Gasteiger partial charge in [0.2, 0.25) is 0 Å². The largest absolute Gasteiger partial charge is 0.363 e. The summed E-state index contributed by atoms with van der Waals surface area (Å²) in [6.45, 7) is 5.21. The molecule has 1 aromatic rings. The maximum Gasteiger partial charge on any atom is 0.166 e. The van der Waals surface area contributed by atoms with Crippen molar-refractivity contribution in [2.45, 2.75) is 32.7 Å². The first-order valence-corrected chi connectivity index (χ1v) is 6.21. The lowest BCUT2D eigenvalue weighted by atomic mass is 10.1. The van der Waals surface area contributed by atoms with Gasteiger partial charge in [0.05, 0.1) is 0 Å². The molecule has 3 heteroatoms. The molecule has 0 heterocycles. The van der Waals surface area contributed by atoms with Crippen LogP contribution in [0.4, 0.5) is 0 Å². The minimum absolute atomic E-state index is 0.360. The molecule has 0 aliphatic rings. The summed E-state index contributed by atoms with van der Waals surface area (Å²) in [6.07, 6.45) is 2.09. The lowest BCUT2D eigenvalue weighted by Gasteiger charge is -2.16. The van der Waals surface area contributed by atoms with Gasteiger partial charge < -0.3 is 10.6 Å². The van der Waals surface area contributed by atoms with Crippen molar-refractivity contribution in [3.63, 3.8) is 0 Å². The Hall–Kier alpha value is -1.09. The van der Waals surface area contributed by atoms with Gasteiger partial charge in [-0.3, -0.25) is 0 Å². The van der Waals surface area contributed by atoms with E-state index in [4.69, 9.17) is 12.2 Å². The molecule has 0 bridgehead atoms. The first-order chi connectivity index (χ1) is 7.72. The Morgan fingerprint density at radius 1 is 1.31 bits per heavy atom. The fraction of sp³-hybridized carbons (Fsp3) is 0.462. The summed E-state index contributed by atoms with van der Waals surface area (Å²) in [5, 5.41) is 7.21. The van der Waals surface area contributed by atoms with Crippen molar-refractivity contribution in [3.8, 4) is 0 Å². The van der Waals surface area contributed by atoms with E-state index >= 15 is 0 Å². The van der Waals surface area contributed by atoms with Gasteiger partial charge in [0.15, 0.2) is 5.11 Å². The van der Waals surface area contributed by atoms with E-state index in [1.165, 1.54) is 5.56 Å². The van der Waals surface area contributed by atoms with Gasteiger partial charge in [-0.25, -0.2) is 0 Å². The van der Waals surface area contributed by atoms with E-state index in [2.05, 4.69) is 48.7 Å². The average Bonchev–Trinajstić information content (AvgIpc) is 2.27. The van der Waals surface area contributed by atoms with E-state index in [1.807, 2.05) is 6.07 Å². The van der Waals surface area contributed by atoms with Crippen LogP contribution in [0.1, 0.15) is 25.8 Å². The first-order valence-electron chi connectivity index (χ1n) is 5.80. The van der Waals surface area contributed by atoms with E-state index in [0.717, 1.165) is 24.5 Å². The maximum absolute atomic E-state index is 5.19. The molecule has 1 aromatic carbocycles. The Labute approximate surface area is 103 Å². The number of hydrogen-bond donors (Lipinski definition) is 2. The van der Waals surface area contributed by atoms with E-state index in [9.17, 15) is 0 Å². The van der Waals surface area contributed by atoms with E-state index in [0.29, 0.717) is 6.04 Å². The molecule has 1 rings (SSSR count). The Balaban J connectivity index is 2.30. The van der Waals surface area contributed by atoms with Crippen LogP contribution in [0.25, 0.3) is 0 Å². The highest BCUT2D eigenvalue weighted by atomic mass is 32.1. The number of thiocarbonyl (C=S) groups is 1. The van der Waals surface area contributed by atoms with Gasteiger partial charge in [0, 0.05) is 12.6 Å². The Morgan fingerprint density at radius 3 is 2.62 bits per heavy atom. The minimum atomic E-state index is 0.360. The number of benzene rings is 1. The average molecular weight is 236 g/mol. The summed E-state index contributed by atoms with van der Waals surface area (Å²) in [6, 6.07) is 10.8. The third-order valence-electron chi connectivity index (χ3n) is 2.30. The number of rotatable bonds is 5. The maximum atomic E-state index is 5.19. The zero-order valence-corrected chi connectivity index (χ0v) is 10.8. The van der Waals surface area contributed by atoms with Crippen molar-refractivity contribution >= 4 is 17.3 Å². The van der Waals surface area contributed by atoms with Crippen LogP contribution in [-0.4, -0.2) is 17.7 Å². The van der Waals surface area contributed by atoms with Crippen LogP contribution in [0.3, 0.4) is 0 Å². The second kappa shape index (κ2) is 7.23. The molecule has 0 aliphatic carbocycles. The zero-order chi connectivity index (χ0) is 11.8. The SMILES string of the molecule is CCCNC(=S)NC(C)Cc1ccccc1. The van der Waals surface area contributed by atoms with Gasteiger partial charge in [0.1, 0.15) is 0 Å². The molecule has 1 unspecified atom stereocenters. The van der Waals surface area contributed by atoms with Gasteiger partial charge in [-0.2, -0.15) is 0 Å². The van der Waals surface area contributed by atoms with Crippen LogP contribution >= 0.6 is 12.2 Å². The van der Waals surface area contributed by atoms with Crippen LogP contribution in [-0.2, 0) is 6.42 Å². The molecule has 0 saturated carbocycles. The highest BCUT2D eigenvalue weighted by Crippen LogP contribution is 2.02. The summed E-state index contributed by atoms with van der Waals surface area (Å²) in [4.78, 5) is 0. The molecular formula is C13H20N2S. The molecule has 2 nitrogen and oxygen atoms in total. The summed E-state index contributed by atoms with van der Waals surface area (Å²) >= 11 is 5.19. The third kappa shape index (κ3) is 5.12.